The van der Waals surface area contributed by atoms with Crippen LogP contribution in [0.25, 0.3) is 0 Å². The Bertz CT molecular complexity index is 570. The molecular weight excluding hydrogens is 214 g/mol. The van der Waals surface area contributed by atoms with Crippen LogP contribution in [-0.4, -0.2) is 9.97 Å². The van der Waals surface area contributed by atoms with E-state index >= 15 is 0 Å². The molecule has 0 unspecified atom stereocenters. The van der Waals surface area contributed by atoms with Crippen molar-refractivity contribution >= 4 is 0 Å². The lowest BCUT2D eigenvalue weighted by Gasteiger charge is -2.08. The molecule has 0 atom stereocenters. The van der Waals surface area contributed by atoms with Gasteiger partial charge in [-0.25, -0.2) is 9.97 Å². The maximum absolute atomic E-state index is 8.61. The van der Waals surface area contributed by atoms with Gasteiger partial charge in [-0.2, -0.15) is 5.26 Å². The topological polar surface area (TPSA) is 58.8 Å². The van der Waals surface area contributed by atoms with Crippen LogP contribution in [0, 0.1) is 25.2 Å². The van der Waals surface area contributed by atoms with E-state index in [9.17, 15) is 0 Å². The summed E-state index contributed by atoms with van der Waals surface area (Å²) in [6.45, 7) is 4.01. The SMILES string of the molecule is Cc1cccc(Oc2cnc(C#N)cn2)c1C. The molecule has 0 bridgehead atoms. The van der Waals surface area contributed by atoms with E-state index in [2.05, 4.69) is 9.97 Å². The summed E-state index contributed by atoms with van der Waals surface area (Å²) in [7, 11) is 0. The van der Waals surface area contributed by atoms with Crippen molar-refractivity contribution in [1.29, 1.82) is 5.26 Å². The molecule has 1 aromatic carbocycles. The van der Waals surface area contributed by atoms with Gasteiger partial charge in [0.1, 0.15) is 11.8 Å². The summed E-state index contributed by atoms with van der Waals surface area (Å²) in [6, 6.07) is 7.73. The lowest BCUT2D eigenvalue weighted by molar-refractivity contribution is 0.456. The van der Waals surface area contributed by atoms with Gasteiger partial charge in [-0.1, -0.05) is 12.1 Å². The number of aryl methyl sites for hydroxylation is 1. The molecule has 0 saturated heterocycles. The molecule has 0 saturated carbocycles. The largest absolute Gasteiger partial charge is 0.437 e. The fourth-order valence-corrected chi connectivity index (χ4v) is 1.37. The monoisotopic (exact) mass is 225 g/mol. The molecule has 4 nitrogen and oxygen atoms in total. The number of aromatic nitrogens is 2. The van der Waals surface area contributed by atoms with Crippen LogP contribution in [0.2, 0.25) is 0 Å². The lowest BCUT2D eigenvalue weighted by Crippen LogP contribution is -1.93. The Hall–Kier alpha value is -2.41. The summed E-state index contributed by atoms with van der Waals surface area (Å²) >= 11 is 0. The number of nitrogens with zero attached hydrogens (tertiary/aromatic N) is 3. The summed E-state index contributed by atoms with van der Waals surface area (Å²) in [4.78, 5) is 7.91. The third-order valence-electron chi connectivity index (χ3n) is 2.51. The molecule has 2 rings (SSSR count). The first-order valence-electron chi connectivity index (χ1n) is 5.17. The summed E-state index contributed by atoms with van der Waals surface area (Å²) in [6.07, 6.45) is 2.83. The second kappa shape index (κ2) is 4.62. The molecule has 1 heterocycles. The molecule has 0 amide bonds. The van der Waals surface area contributed by atoms with E-state index in [1.807, 2.05) is 38.1 Å². The average Bonchev–Trinajstić information content (AvgIpc) is 2.36. The van der Waals surface area contributed by atoms with Gasteiger partial charge in [0.05, 0.1) is 12.4 Å². The normalized spacial score (nSPS) is 9.71. The first-order chi connectivity index (χ1) is 8.20. The van der Waals surface area contributed by atoms with E-state index in [4.69, 9.17) is 10.00 Å². The Morgan fingerprint density at radius 2 is 2.00 bits per heavy atom. The van der Waals surface area contributed by atoms with Crippen molar-refractivity contribution < 1.29 is 4.74 Å². The van der Waals surface area contributed by atoms with Crippen LogP contribution < -0.4 is 4.74 Å². The number of nitriles is 1. The van der Waals surface area contributed by atoms with Gasteiger partial charge in [0.2, 0.25) is 5.88 Å². The van der Waals surface area contributed by atoms with Crippen molar-refractivity contribution in [3.63, 3.8) is 0 Å². The van der Waals surface area contributed by atoms with Crippen molar-refractivity contribution in [1.82, 2.24) is 9.97 Å². The Balaban J connectivity index is 2.26. The molecule has 0 radical (unpaired) electrons. The van der Waals surface area contributed by atoms with Crippen LogP contribution in [-0.2, 0) is 0 Å². The Morgan fingerprint density at radius 3 is 2.65 bits per heavy atom. The molecule has 0 aliphatic rings. The number of hydrogen-bond donors (Lipinski definition) is 0. The Kier molecular flexibility index (Phi) is 3.01. The van der Waals surface area contributed by atoms with Crippen LogP contribution in [0.4, 0.5) is 0 Å². The maximum atomic E-state index is 8.61. The van der Waals surface area contributed by atoms with Crippen molar-refractivity contribution in [2.45, 2.75) is 13.8 Å². The molecular formula is C13H11N3O. The molecule has 2 aromatic rings. The second-order valence-electron chi connectivity index (χ2n) is 3.65. The van der Waals surface area contributed by atoms with Crippen molar-refractivity contribution in [2.24, 2.45) is 0 Å². The van der Waals surface area contributed by atoms with Gasteiger partial charge in [0.25, 0.3) is 0 Å². The molecule has 0 aliphatic heterocycles. The van der Waals surface area contributed by atoms with Crippen molar-refractivity contribution in [3.8, 4) is 17.7 Å². The fourth-order valence-electron chi connectivity index (χ4n) is 1.37. The third kappa shape index (κ3) is 2.40. The minimum Gasteiger partial charge on any atom is -0.437 e. The van der Waals surface area contributed by atoms with E-state index in [1.165, 1.54) is 12.4 Å². The van der Waals surface area contributed by atoms with Gasteiger partial charge >= 0.3 is 0 Å². The van der Waals surface area contributed by atoms with Gasteiger partial charge in [-0.15, -0.1) is 0 Å². The predicted molar refractivity (Wildman–Crippen MR) is 62.7 cm³/mol. The van der Waals surface area contributed by atoms with E-state index in [1.54, 1.807) is 0 Å². The highest BCUT2D eigenvalue weighted by atomic mass is 16.5. The third-order valence-corrected chi connectivity index (χ3v) is 2.51. The van der Waals surface area contributed by atoms with E-state index < -0.39 is 0 Å². The van der Waals surface area contributed by atoms with Crippen LogP contribution in [0.1, 0.15) is 16.8 Å². The van der Waals surface area contributed by atoms with Crippen LogP contribution in [0.15, 0.2) is 30.6 Å². The molecule has 0 fully saturated rings. The number of ether oxygens (including phenoxy) is 1. The lowest BCUT2D eigenvalue weighted by atomic mass is 10.1. The summed E-state index contributed by atoms with van der Waals surface area (Å²) in [5, 5.41) is 8.61. The zero-order valence-corrected chi connectivity index (χ0v) is 9.64. The first-order valence-corrected chi connectivity index (χ1v) is 5.17. The summed E-state index contributed by atoms with van der Waals surface area (Å²) < 4.78 is 5.61. The molecule has 4 heteroatoms. The maximum Gasteiger partial charge on any atom is 0.237 e. The van der Waals surface area contributed by atoms with Crippen molar-refractivity contribution in [3.05, 3.63) is 47.4 Å². The summed E-state index contributed by atoms with van der Waals surface area (Å²) in [5.74, 6) is 1.14. The highest BCUT2D eigenvalue weighted by molar-refractivity contribution is 5.40. The summed E-state index contributed by atoms with van der Waals surface area (Å²) in [5.41, 5.74) is 2.50. The average molecular weight is 225 g/mol. The quantitative estimate of drug-likeness (QED) is 0.788. The van der Waals surface area contributed by atoms with Gasteiger partial charge in [-0.05, 0) is 31.0 Å². The van der Waals surface area contributed by atoms with Crippen molar-refractivity contribution in [2.75, 3.05) is 0 Å². The van der Waals surface area contributed by atoms with E-state index in [0.29, 0.717) is 5.88 Å². The Labute approximate surface area is 99.5 Å². The van der Waals surface area contributed by atoms with Crippen LogP contribution >= 0.6 is 0 Å². The number of benzene rings is 1. The standard InChI is InChI=1S/C13H11N3O/c1-9-4-3-5-12(10(9)2)17-13-8-15-11(6-14)7-16-13/h3-5,7-8H,1-2H3. The molecule has 84 valence electrons. The van der Waals surface area contributed by atoms with E-state index in [0.717, 1.165) is 16.9 Å². The zero-order chi connectivity index (χ0) is 12.3. The minimum atomic E-state index is 0.276. The second-order valence-corrected chi connectivity index (χ2v) is 3.65. The minimum absolute atomic E-state index is 0.276. The van der Waals surface area contributed by atoms with Gasteiger partial charge < -0.3 is 4.74 Å². The molecule has 0 N–H and O–H groups in total. The highest BCUT2D eigenvalue weighted by Gasteiger charge is 2.04. The smallest absolute Gasteiger partial charge is 0.237 e. The number of hydrogen-bond acceptors (Lipinski definition) is 4. The highest BCUT2D eigenvalue weighted by Crippen LogP contribution is 2.24. The number of rotatable bonds is 2. The predicted octanol–water partition coefficient (Wildman–Crippen LogP) is 2.76. The molecule has 0 aliphatic carbocycles. The molecule has 0 spiro atoms. The molecule has 1 aromatic heterocycles. The van der Waals surface area contributed by atoms with Crippen LogP contribution in [0.5, 0.6) is 11.6 Å². The van der Waals surface area contributed by atoms with Crippen LogP contribution in [0.3, 0.4) is 0 Å². The first kappa shape index (κ1) is 11.1. The van der Waals surface area contributed by atoms with E-state index in [-0.39, 0.29) is 5.69 Å². The van der Waals surface area contributed by atoms with Gasteiger partial charge in [-0.3, -0.25) is 0 Å². The van der Waals surface area contributed by atoms with Gasteiger partial charge in [0.15, 0.2) is 5.69 Å². The molecule has 17 heavy (non-hydrogen) atoms. The zero-order valence-electron chi connectivity index (χ0n) is 9.64. The fraction of sp³-hybridized carbons (Fsp3) is 0.154. The van der Waals surface area contributed by atoms with Gasteiger partial charge in [0, 0.05) is 0 Å². The Morgan fingerprint density at radius 1 is 1.18 bits per heavy atom.